The van der Waals surface area contributed by atoms with Gasteiger partial charge in [-0.3, -0.25) is 4.90 Å². The molecule has 2 heterocycles. The number of H-pyrrole nitrogens is 1. The summed E-state index contributed by atoms with van der Waals surface area (Å²) in [5.41, 5.74) is 5.74. The topological polar surface area (TPSA) is 24.0 Å². The van der Waals surface area contributed by atoms with Crippen LogP contribution in [-0.4, -0.2) is 40.0 Å². The first-order valence-electron chi connectivity index (χ1n) is 7.53. The normalized spacial score (nSPS) is 17.2. The van der Waals surface area contributed by atoms with E-state index in [2.05, 4.69) is 47.0 Å². The maximum Gasteiger partial charge on any atom is 0.178 e. The molecule has 1 aromatic heterocycles. The molecule has 0 atom stereocenters. The minimum Gasteiger partial charge on any atom is -0.330 e. The van der Waals surface area contributed by atoms with E-state index in [1.165, 1.54) is 11.1 Å². The SMILES string of the molecule is C=C(C)c1[nH]c(=S)n2c1/C(=C\CCl)CN(CC=C(C)C)CC2. The van der Waals surface area contributed by atoms with Crippen molar-refractivity contribution < 1.29 is 0 Å². The fraction of sp³-hybridized carbons (Fsp3) is 0.471. The molecular formula is C17H24ClN3S. The molecule has 0 saturated heterocycles. The Morgan fingerprint density at radius 2 is 2.09 bits per heavy atom. The van der Waals surface area contributed by atoms with E-state index in [9.17, 15) is 0 Å². The summed E-state index contributed by atoms with van der Waals surface area (Å²) in [7, 11) is 0. The largest absolute Gasteiger partial charge is 0.330 e. The van der Waals surface area contributed by atoms with Crippen LogP contribution >= 0.6 is 23.8 Å². The molecule has 0 saturated carbocycles. The van der Waals surface area contributed by atoms with Crippen molar-refractivity contribution in [1.82, 2.24) is 14.5 Å². The predicted octanol–water partition coefficient (Wildman–Crippen LogP) is 4.48. The number of allylic oxidation sites excluding steroid dienone is 3. The second-order valence-corrected chi connectivity index (χ2v) is 6.68. The number of halogens is 1. The van der Waals surface area contributed by atoms with Crippen LogP contribution in [0.25, 0.3) is 11.1 Å². The van der Waals surface area contributed by atoms with Crippen LogP contribution in [0.2, 0.25) is 0 Å². The average molecular weight is 338 g/mol. The van der Waals surface area contributed by atoms with E-state index in [1.54, 1.807) is 0 Å². The third kappa shape index (κ3) is 3.80. The second-order valence-electron chi connectivity index (χ2n) is 5.99. The van der Waals surface area contributed by atoms with Crippen molar-refractivity contribution in [2.45, 2.75) is 27.3 Å². The molecule has 0 bridgehead atoms. The molecule has 1 N–H and O–H groups in total. The van der Waals surface area contributed by atoms with Crippen LogP contribution in [0.1, 0.15) is 32.2 Å². The molecule has 0 aliphatic carbocycles. The Bertz CT molecular complexity index is 675. The lowest BCUT2D eigenvalue weighted by molar-refractivity contribution is 0.331. The molecule has 1 aromatic rings. The molecule has 0 fully saturated rings. The summed E-state index contributed by atoms with van der Waals surface area (Å²) >= 11 is 11.5. The van der Waals surface area contributed by atoms with E-state index in [1.807, 2.05) is 6.92 Å². The number of rotatable bonds is 4. The smallest absolute Gasteiger partial charge is 0.178 e. The van der Waals surface area contributed by atoms with E-state index in [0.29, 0.717) is 5.88 Å². The lowest BCUT2D eigenvalue weighted by Gasteiger charge is -2.19. The Balaban J connectivity index is 2.44. The van der Waals surface area contributed by atoms with Gasteiger partial charge in [-0.25, -0.2) is 0 Å². The van der Waals surface area contributed by atoms with E-state index in [0.717, 1.165) is 47.9 Å². The van der Waals surface area contributed by atoms with Gasteiger partial charge in [0.25, 0.3) is 0 Å². The van der Waals surface area contributed by atoms with Crippen molar-refractivity contribution in [2.75, 3.05) is 25.5 Å². The molecule has 0 aromatic carbocycles. The van der Waals surface area contributed by atoms with Crippen LogP contribution < -0.4 is 0 Å². The first-order valence-corrected chi connectivity index (χ1v) is 8.48. The van der Waals surface area contributed by atoms with Gasteiger partial charge in [-0.05, 0) is 44.1 Å². The van der Waals surface area contributed by atoms with Gasteiger partial charge in [-0.1, -0.05) is 24.3 Å². The zero-order valence-corrected chi connectivity index (χ0v) is 15.2. The van der Waals surface area contributed by atoms with Crippen molar-refractivity contribution >= 4 is 35.0 Å². The molecule has 22 heavy (non-hydrogen) atoms. The maximum atomic E-state index is 5.99. The number of fused-ring (bicyclic) bond motifs is 1. The zero-order chi connectivity index (χ0) is 16.3. The first-order chi connectivity index (χ1) is 10.4. The number of hydrogen-bond donors (Lipinski definition) is 1. The van der Waals surface area contributed by atoms with Crippen molar-refractivity contribution in [3.8, 4) is 0 Å². The van der Waals surface area contributed by atoms with Gasteiger partial charge in [0.2, 0.25) is 0 Å². The van der Waals surface area contributed by atoms with Crippen molar-refractivity contribution in [3.05, 3.63) is 40.5 Å². The number of imidazole rings is 1. The van der Waals surface area contributed by atoms with Crippen LogP contribution in [0.4, 0.5) is 0 Å². The van der Waals surface area contributed by atoms with Gasteiger partial charge in [-0.2, -0.15) is 0 Å². The highest BCUT2D eigenvalue weighted by molar-refractivity contribution is 7.71. The van der Waals surface area contributed by atoms with Gasteiger partial charge in [0.05, 0.1) is 11.4 Å². The maximum absolute atomic E-state index is 5.99. The number of nitrogens with zero attached hydrogens (tertiary/aromatic N) is 2. The molecule has 2 rings (SSSR count). The summed E-state index contributed by atoms with van der Waals surface area (Å²) in [6, 6.07) is 0. The van der Waals surface area contributed by atoms with E-state index in [-0.39, 0.29) is 0 Å². The fourth-order valence-electron chi connectivity index (χ4n) is 2.68. The second kappa shape index (κ2) is 7.44. The van der Waals surface area contributed by atoms with Gasteiger partial charge in [0.1, 0.15) is 0 Å². The average Bonchev–Trinajstić information content (AvgIpc) is 2.67. The number of nitrogens with one attached hydrogen (secondary N) is 1. The highest BCUT2D eigenvalue weighted by Gasteiger charge is 2.22. The summed E-state index contributed by atoms with van der Waals surface area (Å²) in [5.74, 6) is 0.499. The third-order valence-electron chi connectivity index (χ3n) is 3.83. The third-order valence-corrected chi connectivity index (χ3v) is 4.31. The van der Waals surface area contributed by atoms with Crippen molar-refractivity contribution in [2.24, 2.45) is 0 Å². The molecule has 0 spiro atoms. The molecule has 1 aliphatic rings. The molecule has 0 unspecified atom stereocenters. The predicted molar refractivity (Wildman–Crippen MR) is 98.9 cm³/mol. The summed E-state index contributed by atoms with van der Waals surface area (Å²) in [4.78, 5) is 5.73. The number of aromatic amines is 1. The fourth-order valence-corrected chi connectivity index (χ4v) is 3.16. The van der Waals surface area contributed by atoms with Gasteiger partial charge in [-0.15, -0.1) is 11.6 Å². The number of hydrogen-bond acceptors (Lipinski definition) is 2. The molecular weight excluding hydrogens is 314 g/mol. The molecule has 0 amide bonds. The quantitative estimate of drug-likeness (QED) is 0.497. The minimum atomic E-state index is 0.499. The van der Waals surface area contributed by atoms with E-state index in [4.69, 9.17) is 23.8 Å². The minimum absolute atomic E-state index is 0.499. The molecule has 0 radical (unpaired) electrons. The highest BCUT2D eigenvalue weighted by Crippen LogP contribution is 2.27. The lowest BCUT2D eigenvalue weighted by Crippen LogP contribution is -2.27. The Morgan fingerprint density at radius 3 is 2.68 bits per heavy atom. The van der Waals surface area contributed by atoms with Gasteiger partial charge < -0.3 is 9.55 Å². The summed E-state index contributed by atoms with van der Waals surface area (Å²) in [6.07, 6.45) is 4.35. The van der Waals surface area contributed by atoms with Crippen LogP contribution in [0, 0.1) is 4.77 Å². The van der Waals surface area contributed by atoms with Gasteiger partial charge >= 0.3 is 0 Å². The molecule has 5 heteroatoms. The Morgan fingerprint density at radius 1 is 1.36 bits per heavy atom. The number of aromatic nitrogens is 2. The standard InChI is InChI=1S/C17H24ClN3S/c1-12(2)6-8-20-9-10-21-16(14(11-20)5-7-18)15(13(3)4)19-17(21)22/h5-6H,3,7-11H2,1-2,4H3,(H,19,22)/b14-5-. The Kier molecular flexibility index (Phi) is 5.84. The van der Waals surface area contributed by atoms with E-state index >= 15 is 0 Å². The van der Waals surface area contributed by atoms with E-state index < -0.39 is 0 Å². The zero-order valence-electron chi connectivity index (χ0n) is 13.6. The number of alkyl halides is 1. The van der Waals surface area contributed by atoms with Crippen LogP contribution in [0.15, 0.2) is 24.3 Å². The van der Waals surface area contributed by atoms with Gasteiger partial charge in [0, 0.05) is 32.1 Å². The summed E-state index contributed by atoms with van der Waals surface area (Å²) in [5, 5.41) is 0. The lowest BCUT2D eigenvalue weighted by atomic mass is 10.1. The van der Waals surface area contributed by atoms with Crippen LogP contribution in [0.5, 0.6) is 0 Å². The summed E-state index contributed by atoms with van der Waals surface area (Å²) in [6.45, 7) is 14.0. The Hall–Kier alpha value is -1.10. The monoisotopic (exact) mass is 337 g/mol. The molecule has 1 aliphatic heterocycles. The molecule has 120 valence electrons. The van der Waals surface area contributed by atoms with Crippen molar-refractivity contribution in [1.29, 1.82) is 0 Å². The van der Waals surface area contributed by atoms with Crippen LogP contribution in [-0.2, 0) is 6.54 Å². The summed E-state index contributed by atoms with van der Waals surface area (Å²) < 4.78 is 2.94. The first kappa shape index (κ1) is 17.3. The van der Waals surface area contributed by atoms with Gasteiger partial charge in [0.15, 0.2) is 4.77 Å². The molecule has 3 nitrogen and oxygen atoms in total. The van der Waals surface area contributed by atoms with Crippen molar-refractivity contribution in [3.63, 3.8) is 0 Å². The Labute approximate surface area is 143 Å². The highest BCUT2D eigenvalue weighted by atomic mass is 35.5. The van der Waals surface area contributed by atoms with Crippen LogP contribution in [0.3, 0.4) is 0 Å².